The molecule has 0 spiro atoms. The van der Waals surface area contributed by atoms with Gasteiger partial charge in [0.15, 0.2) is 0 Å². The standard InChI is InChI=1S/C17H19NO2S/c19-15(10-18-17(20)12-6-2-1-3-7-12)14-11-21-16-9-5-4-8-13(14)16/h1-2,4-5,8-9,11-12,15,19H,3,6-7,10H2,(H,18,20)/t12-,15+/m1/s1. The van der Waals surface area contributed by atoms with E-state index in [4.69, 9.17) is 0 Å². The molecule has 2 aromatic rings. The van der Waals surface area contributed by atoms with E-state index in [9.17, 15) is 9.90 Å². The van der Waals surface area contributed by atoms with Gasteiger partial charge in [0.05, 0.1) is 6.10 Å². The van der Waals surface area contributed by atoms with Gasteiger partial charge in [0.25, 0.3) is 0 Å². The molecule has 1 heterocycles. The highest BCUT2D eigenvalue weighted by Crippen LogP contribution is 2.30. The van der Waals surface area contributed by atoms with Crippen molar-refractivity contribution in [3.63, 3.8) is 0 Å². The number of hydrogen-bond acceptors (Lipinski definition) is 3. The molecule has 4 heteroatoms. The summed E-state index contributed by atoms with van der Waals surface area (Å²) in [7, 11) is 0. The summed E-state index contributed by atoms with van der Waals surface area (Å²) >= 11 is 1.62. The molecule has 3 nitrogen and oxygen atoms in total. The van der Waals surface area contributed by atoms with Crippen LogP contribution in [0.4, 0.5) is 0 Å². The SMILES string of the molecule is O=C(NC[C@H](O)c1csc2ccccc12)[C@@H]1CC=CCC1. The maximum atomic E-state index is 12.1. The molecule has 0 radical (unpaired) electrons. The fourth-order valence-corrected chi connectivity index (χ4v) is 3.75. The number of allylic oxidation sites excluding steroid dienone is 2. The molecule has 0 fully saturated rings. The molecule has 21 heavy (non-hydrogen) atoms. The van der Waals surface area contributed by atoms with Crippen LogP contribution < -0.4 is 5.32 Å². The fourth-order valence-electron chi connectivity index (χ4n) is 2.74. The smallest absolute Gasteiger partial charge is 0.223 e. The average molecular weight is 301 g/mol. The monoisotopic (exact) mass is 301 g/mol. The van der Waals surface area contributed by atoms with Crippen LogP contribution >= 0.6 is 11.3 Å². The lowest BCUT2D eigenvalue weighted by Gasteiger charge is -2.18. The Bertz CT molecular complexity index is 662. The Morgan fingerprint density at radius 2 is 2.24 bits per heavy atom. The Morgan fingerprint density at radius 1 is 1.38 bits per heavy atom. The number of amides is 1. The van der Waals surface area contributed by atoms with Crippen LogP contribution in [-0.2, 0) is 4.79 Å². The molecule has 0 unspecified atom stereocenters. The number of carbonyl (C=O) groups is 1. The minimum atomic E-state index is -0.649. The minimum absolute atomic E-state index is 0.0536. The first-order valence-corrected chi connectivity index (χ1v) is 8.20. The van der Waals surface area contributed by atoms with Crippen molar-refractivity contribution in [2.75, 3.05) is 6.54 Å². The average Bonchev–Trinajstić information content (AvgIpc) is 2.97. The number of carbonyl (C=O) groups excluding carboxylic acids is 1. The van der Waals surface area contributed by atoms with Gasteiger partial charge in [-0.05, 0) is 36.1 Å². The van der Waals surface area contributed by atoms with Crippen molar-refractivity contribution in [2.45, 2.75) is 25.4 Å². The van der Waals surface area contributed by atoms with Crippen LogP contribution in [0.1, 0.15) is 30.9 Å². The van der Waals surface area contributed by atoms with Gasteiger partial charge in [-0.1, -0.05) is 30.4 Å². The highest BCUT2D eigenvalue weighted by Gasteiger charge is 2.20. The summed E-state index contributed by atoms with van der Waals surface area (Å²) in [6.07, 6.45) is 6.22. The zero-order valence-electron chi connectivity index (χ0n) is 11.8. The van der Waals surface area contributed by atoms with Crippen molar-refractivity contribution in [3.05, 3.63) is 47.4 Å². The van der Waals surface area contributed by atoms with E-state index < -0.39 is 6.10 Å². The van der Waals surface area contributed by atoms with Crippen molar-refractivity contribution in [1.29, 1.82) is 0 Å². The van der Waals surface area contributed by atoms with Gasteiger partial charge >= 0.3 is 0 Å². The predicted octanol–water partition coefficient (Wildman–Crippen LogP) is 3.41. The molecule has 1 aromatic heterocycles. The first kappa shape index (κ1) is 14.3. The molecule has 2 N–H and O–H groups in total. The summed E-state index contributed by atoms with van der Waals surface area (Å²) in [5.74, 6) is 0.111. The van der Waals surface area contributed by atoms with E-state index in [-0.39, 0.29) is 18.4 Å². The topological polar surface area (TPSA) is 49.3 Å². The van der Waals surface area contributed by atoms with Crippen LogP contribution in [0.3, 0.4) is 0 Å². The van der Waals surface area contributed by atoms with Crippen molar-refractivity contribution in [1.82, 2.24) is 5.32 Å². The lowest BCUT2D eigenvalue weighted by molar-refractivity contribution is -0.125. The van der Waals surface area contributed by atoms with Crippen molar-refractivity contribution >= 4 is 27.3 Å². The lowest BCUT2D eigenvalue weighted by Crippen LogP contribution is -2.34. The summed E-state index contributed by atoms with van der Waals surface area (Å²) in [5, 5.41) is 16.3. The first-order valence-electron chi connectivity index (χ1n) is 7.32. The predicted molar refractivity (Wildman–Crippen MR) is 86.3 cm³/mol. The molecular formula is C17H19NO2S. The van der Waals surface area contributed by atoms with Crippen molar-refractivity contribution in [3.8, 4) is 0 Å². The molecule has 0 saturated heterocycles. The van der Waals surface area contributed by atoms with Gasteiger partial charge in [-0.3, -0.25) is 4.79 Å². The van der Waals surface area contributed by atoms with E-state index in [0.29, 0.717) is 0 Å². The first-order chi connectivity index (χ1) is 10.3. The number of fused-ring (bicyclic) bond motifs is 1. The maximum absolute atomic E-state index is 12.1. The van der Waals surface area contributed by atoms with Crippen LogP contribution in [0.15, 0.2) is 41.8 Å². The number of nitrogens with one attached hydrogen (secondary N) is 1. The van der Waals surface area contributed by atoms with Gasteiger partial charge in [-0.15, -0.1) is 11.3 Å². The molecule has 1 aromatic carbocycles. The number of hydrogen-bond donors (Lipinski definition) is 2. The Kier molecular flexibility index (Phi) is 4.36. The zero-order valence-corrected chi connectivity index (χ0v) is 12.6. The van der Waals surface area contributed by atoms with Gasteiger partial charge < -0.3 is 10.4 Å². The highest BCUT2D eigenvalue weighted by molar-refractivity contribution is 7.17. The van der Waals surface area contributed by atoms with Crippen LogP contribution in [0.2, 0.25) is 0 Å². The Hall–Kier alpha value is -1.65. The third-order valence-corrected chi connectivity index (χ3v) is 4.96. The van der Waals surface area contributed by atoms with Gasteiger partial charge in [-0.25, -0.2) is 0 Å². The van der Waals surface area contributed by atoms with E-state index in [1.54, 1.807) is 11.3 Å². The molecule has 1 aliphatic rings. The van der Waals surface area contributed by atoms with Crippen LogP contribution in [-0.4, -0.2) is 17.6 Å². The molecule has 3 rings (SSSR count). The van der Waals surface area contributed by atoms with Crippen LogP contribution in [0.25, 0.3) is 10.1 Å². The Morgan fingerprint density at radius 3 is 3.05 bits per heavy atom. The Balaban J connectivity index is 1.62. The molecule has 0 aliphatic heterocycles. The van der Waals surface area contributed by atoms with E-state index in [2.05, 4.69) is 17.5 Å². The number of thiophene rings is 1. The number of aliphatic hydroxyl groups is 1. The molecular weight excluding hydrogens is 282 g/mol. The third-order valence-electron chi connectivity index (χ3n) is 3.98. The summed E-state index contributed by atoms with van der Waals surface area (Å²) in [6, 6.07) is 8.02. The van der Waals surface area contributed by atoms with Crippen molar-refractivity contribution < 1.29 is 9.90 Å². The quantitative estimate of drug-likeness (QED) is 0.850. The van der Waals surface area contributed by atoms with E-state index >= 15 is 0 Å². The second-order valence-corrected chi connectivity index (χ2v) is 6.34. The lowest BCUT2D eigenvalue weighted by atomic mass is 9.93. The zero-order chi connectivity index (χ0) is 14.7. The summed E-state index contributed by atoms with van der Waals surface area (Å²) in [5.41, 5.74) is 0.902. The van der Waals surface area contributed by atoms with Gasteiger partial charge in [0, 0.05) is 22.7 Å². The number of aliphatic hydroxyl groups excluding tert-OH is 1. The molecule has 0 saturated carbocycles. The van der Waals surface area contributed by atoms with Gasteiger partial charge in [0.1, 0.15) is 0 Å². The Labute approximate surface area is 128 Å². The molecule has 1 amide bonds. The van der Waals surface area contributed by atoms with Crippen molar-refractivity contribution in [2.24, 2.45) is 5.92 Å². The largest absolute Gasteiger partial charge is 0.387 e. The van der Waals surface area contributed by atoms with E-state index in [0.717, 1.165) is 34.9 Å². The summed E-state index contributed by atoms with van der Waals surface area (Å²) in [6.45, 7) is 0.278. The number of rotatable bonds is 4. The summed E-state index contributed by atoms with van der Waals surface area (Å²) < 4.78 is 1.16. The van der Waals surface area contributed by atoms with Gasteiger partial charge in [0.2, 0.25) is 5.91 Å². The molecule has 110 valence electrons. The molecule has 2 atom stereocenters. The minimum Gasteiger partial charge on any atom is -0.387 e. The third kappa shape index (κ3) is 3.17. The van der Waals surface area contributed by atoms with E-state index in [1.165, 1.54) is 0 Å². The van der Waals surface area contributed by atoms with E-state index in [1.807, 2.05) is 29.6 Å². The number of benzene rings is 1. The second-order valence-electron chi connectivity index (χ2n) is 5.43. The molecule has 0 bridgehead atoms. The van der Waals surface area contributed by atoms with Crippen LogP contribution in [0.5, 0.6) is 0 Å². The fraction of sp³-hybridized carbons (Fsp3) is 0.353. The highest BCUT2D eigenvalue weighted by atomic mass is 32.1. The second kappa shape index (κ2) is 6.41. The summed E-state index contributed by atoms with van der Waals surface area (Å²) in [4.78, 5) is 12.1. The maximum Gasteiger partial charge on any atom is 0.223 e. The van der Waals surface area contributed by atoms with Crippen LogP contribution in [0, 0.1) is 5.92 Å². The van der Waals surface area contributed by atoms with Gasteiger partial charge in [-0.2, -0.15) is 0 Å². The molecule has 1 aliphatic carbocycles. The normalized spacial score (nSPS) is 19.6.